The molecule has 8 heteroatoms. The molecule has 0 bridgehead atoms. The molecule has 0 unspecified atom stereocenters. The fourth-order valence-corrected chi connectivity index (χ4v) is 2.70. The Bertz CT molecular complexity index is 723. The lowest BCUT2D eigenvalue weighted by atomic mass is 10.1. The third kappa shape index (κ3) is 5.54. The van der Waals surface area contributed by atoms with Gasteiger partial charge in [-0.1, -0.05) is 34.1 Å². The SMILES string of the molecule is COc1cc(Br)c(CNCc2ccccc2OC(F)(F)F)cc1OC. The molecule has 0 aliphatic heterocycles. The van der Waals surface area contributed by atoms with Crippen molar-refractivity contribution in [3.63, 3.8) is 0 Å². The maximum Gasteiger partial charge on any atom is 0.573 e. The van der Waals surface area contributed by atoms with Gasteiger partial charge in [0.2, 0.25) is 0 Å². The minimum atomic E-state index is -4.72. The second-order valence-electron chi connectivity index (χ2n) is 5.06. The van der Waals surface area contributed by atoms with E-state index in [1.54, 1.807) is 31.4 Å². The van der Waals surface area contributed by atoms with Crippen molar-refractivity contribution < 1.29 is 27.4 Å². The molecule has 0 amide bonds. The van der Waals surface area contributed by atoms with Gasteiger partial charge in [-0.3, -0.25) is 0 Å². The van der Waals surface area contributed by atoms with Gasteiger partial charge >= 0.3 is 6.36 Å². The van der Waals surface area contributed by atoms with E-state index < -0.39 is 6.36 Å². The van der Waals surface area contributed by atoms with Crippen LogP contribution in [0.5, 0.6) is 17.2 Å². The van der Waals surface area contributed by atoms with Crippen LogP contribution in [0.1, 0.15) is 11.1 Å². The number of hydrogen-bond acceptors (Lipinski definition) is 4. The molecule has 0 aromatic heterocycles. The van der Waals surface area contributed by atoms with E-state index in [9.17, 15) is 13.2 Å². The number of methoxy groups -OCH3 is 2. The molecule has 0 aliphatic carbocycles. The molecular formula is C17H17BrF3NO3. The number of rotatable bonds is 7. The van der Waals surface area contributed by atoms with Gasteiger partial charge in [-0.05, 0) is 23.8 Å². The van der Waals surface area contributed by atoms with E-state index in [-0.39, 0.29) is 12.3 Å². The molecule has 0 radical (unpaired) electrons. The van der Waals surface area contributed by atoms with Gasteiger partial charge < -0.3 is 19.5 Å². The van der Waals surface area contributed by atoms with Gasteiger partial charge in [0, 0.05) is 23.1 Å². The second-order valence-corrected chi connectivity index (χ2v) is 5.91. The first-order chi connectivity index (χ1) is 11.8. The molecule has 4 nitrogen and oxygen atoms in total. The van der Waals surface area contributed by atoms with Gasteiger partial charge in [0.25, 0.3) is 0 Å². The molecule has 2 aromatic carbocycles. The summed E-state index contributed by atoms with van der Waals surface area (Å²) in [4.78, 5) is 0. The Morgan fingerprint density at radius 3 is 2.16 bits per heavy atom. The van der Waals surface area contributed by atoms with Crippen molar-refractivity contribution in [1.82, 2.24) is 5.32 Å². The fraction of sp³-hybridized carbons (Fsp3) is 0.294. The number of hydrogen-bond donors (Lipinski definition) is 1. The minimum Gasteiger partial charge on any atom is -0.493 e. The van der Waals surface area contributed by atoms with Gasteiger partial charge in [-0.15, -0.1) is 13.2 Å². The molecule has 0 fully saturated rings. The Balaban J connectivity index is 2.07. The predicted octanol–water partition coefficient (Wildman–Crippen LogP) is 4.65. The summed E-state index contributed by atoms with van der Waals surface area (Å²) in [7, 11) is 3.08. The molecule has 0 heterocycles. The topological polar surface area (TPSA) is 39.7 Å². The molecular weight excluding hydrogens is 403 g/mol. The van der Waals surface area contributed by atoms with Crippen LogP contribution in [0.2, 0.25) is 0 Å². The van der Waals surface area contributed by atoms with Crippen LogP contribution in [0.4, 0.5) is 13.2 Å². The summed E-state index contributed by atoms with van der Waals surface area (Å²) in [6.07, 6.45) is -4.72. The van der Waals surface area contributed by atoms with Crippen LogP contribution < -0.4 is 19.5 Å². The van der Waals surface area contributed by atoms with Crippen molar-refractivity contribution in [2.24, 2.45) is 0 Å². The summed E-state index contributed by atoms with van der Waals surface area (Å²) in [5.41, 5.74) is 1.29. The standard InChI is InChI=1S/C17H17BrF3NO3/c1-23-15-7-12(13(18)8-16(15)24-2)10-22-9-11-5-3-4-6-14(11)25-17(19,20)21/h3-8,22H,9-10H2,1-2H3. The highest BCUT2D eigenvalue weighted by Gasteiger charge is 2.31. The number of benzene rings is 2. The highest BCUT2D eigenvalue weighted by molar-refractivity contribution is 9.10. The maximum absolute atomic E-state index is 12.4. The fourth-order valence-electron chi connectivity index (χ4n) is 2.24. The van der Waals surface area contributed by atoms with Gasteiger partial charge in [0.15, 0.2) is 11.5 Å². The summed E-state index contributed by atoms with van der Waals surface area (Å²) >= 11 is 3.44. The lowest BCUT2D eigenvalue weighted by Crippen LogP contribution is -2.20. The third-order valence-corrected chi connectivity index (χ3v) is 4.12. The summed E-state index contributed by atoms with van der Waals surface area (Å²) in [5, 5.41) is 3.10. The minimum absolute atomic E-state index is 0.214. The van der Waals surface area contributed by atoms with E-state index in [2.05, 4.69) is 26.0 Å². The van der Waals surface area contributed by atoms with Crippen molar-refractivity contribution in [1.29, 1.82) is 0 Å². The molecule has 25 heavy (non-hydrogen) atoms. The van der Waals surface area contributed by atoms with E-state index in [1.165, 1.54) is 19.2 Å². The van der Waals surface area contributed by atoms with Crippen LogP contribution in [0.3, 0.4) is 0 Å². The van der Waals surface area contributed by atoms with Crippen LogP contribution in [0, 0.1) is 0 Å². The Morgan fingerprint density at radius 1 is 0.920 bits per heavy atom. The average molecular weight is 420 g/mol. The summed E-state index contributed by atoms with van der Waals surface area (Å²) in [5.74, 6) is 0.944. The number of halogens is 4. The Morgan fingerprint density at radius 2 is 1.52 bits per heavy atom. The van der Waals surface area contributed by atoms with E-state index in [0.29, 0.717) is 23.6 Å². The van der Waals surface area contributed by atoms with Crippen LogP contribution >= 0.6 is 15.9 Å². The number of ether oxygens (including phenoxy) is 3. The molecule has 0 aliphatic rings. The first kappa shape index (κ1) is 19.4. The van der Waals surface area contributed by atoms with Gasteiger partial charge in [-0.25, -0.2) is 0 Å². The van der Waals surface area contributed by atoms with Crippen molar-refractivity contribution in [2.75, 3.05) is 14.2 Å². The average Bonchev–Trinajstić information content (AvgIpc) is 2.56. The highest BCUT2D eigenvalue weighted by Crippen LogP contribution is 2.33. The van der Waals surface area contributed by atoms with Crippen molar-refractivity contribution in [3.8, 4) is 17.2 Å². The van der Waals surface area contributed by atoms with Crippen LogP contribution in [-0.2, 0) is 13.1 Å². The number of nitrogens with one attached hydrogen (secondary N) is 1. The smallest absolute Gasteiger partial charge is 0.493 e. The normalized spacial score (nSPS) is 11.3. The van der Waals surface area contributed by atoms with Gasteiger partial charge in [-0.2, -0.15) is 0 Å². The van der Waals surface area contributed by atoms with Crippen molar-refractivity contribution >= 4 is 15.9 Å². The lowest BCUT2D eigenvalue weighted by molar-refractivity contribution is -0.274. The number of para-hydroxylation sites is 1. The van der Waals surface area contributed by atoms with Crippen LogP contribution in [-0.4, -0.2) is 20.6 Å². The molecule has 1 N–H and O–H groups in total. The van der Waals surface area contributed by atoms with Crippen molar-refractivity contribution in [3.05, 3.63) is 52.0 Å². The quantitative estimate of drug-likeness (QED) is 0.708. The summed E-state index contributed by atoms with van der Waals surface area (Å²) in [6, 6.07) is 9.60. The summed E-state index contributed by atoms with van der Waals surface area (Å²) in [6.45, 7) is 0.633. The number of alkyl halides is 3. The second kappa shape index (κ2) is 8.44. The third-order valence-electron chi connectivity index (χ3n) is 3.38. The van der Waals surface area contributed by atoms with Gasteiger partial charge in [0.1, 0.15) is 5.75 Å². The molecule has 0 saturated heterocycles. The Hall–Kier alpha value is -1.93. The largest absolute Gasteiger partial charge is 0.573 e. The Kier molecular flexibility index (Phi) is 6.55. The zero-order chi connectivity index (χ0) is 18.4. The molecule has 0 atom stereocenters. The van der Waals surface area contributed by atoms with Gasteiger partial charge in [0.05, 0.1) is 14.2 Å². The monoisotopic (exact) mass is 419 g/mol. The first-order valence-electron chi connectivity index (χ1n) is 7.29. The van der Waals surface area contributed by atoms with E-state index in [0.717, 1.165) is 10.0 Å². The zero-order valence-corrected chi connectivity index (χ0v) is 15.2. The first-order valence-corrected chi connectivity index (χ1v) is 8.08. The van der Waals surface area contributed by atoms with Crippen LogP contribution in [0.25, 0.3) is 0 Å². The molecule has 2 rings (SSSR count). The molecule has 2 aromatic rings. The zero-order valence-electron chi connectivity index (χ0n) is 13.6. The van der Waals surface area contributed by atoms with Crippen molar-refractivity contribution in [2.45, 2.75) is 19.5 Å². The van der Waals surface area contributed by atoms with E-state index >= 15 is 0 Å². The molecule has 0 spiro atoms. The van der Waals surface area contributed by atoms with E-state index in [1.807, 2.05) is 0 Å². The van der Waals surface area contributed by atoms with Crippen LogP contribution in [0.15, 0.2) is 40.9 Å². The maximum atomic E-state index is 12.4. The highest BCUT2D eigenvalue weighted by atomic mass is 79.9. The predicted molar refractivity (Wildman–Crippen MR) is 90.9 cm³/mol. The summed E-state index contributed by atoms with van der Waals surface area (Å²) < 4.78 is 52.6. The molecule has 136 valence electrons. The lowest BCUT2D eigenvalue weighted by Gasteiger charge is -2.15. The Labute approximate surface area is 152 Å². The van der Waals surface area contributed by atoms with E-state index in [4.69, 9.17) is 9.47 Å². The molecule has 0 saturated carbocycles.